The van der Waals surface area contributed by atoms with Crippen LogP contribution in [0.4, 0.5) is 5.00 Å². The molecule has 3 rings (SSSR count). The molecule has 1 aromatic carbocycles. The molecular weight excluding hydrogens is 378 g/mol. The first kappa shape index (κ1) is 20.0. The van der Waals surface area contributed by atoms with Gasteiger partial charge >= 0.3 is 5.97 Å². The summed E-state index contributed by atoms with van der Waals surface area (Å²) in [4.78, 5) is 27.6. The Kier molecular flexibility index (Phi) is 6.60. The van der Waals surface area contributed by atoms with E-state index in [2.05, 4.69) is 19.2 Å². The van der Waals surface area contributed by atoms with Crippen molar-refractivity contribution in [3.63, 3.8) is 0 Å². The molecule has 1 aromatic heterocycles. The lowest BCUT2D eigenvalue weighted by Crippen LogP contribution is -2.16. The first-order chi connectivity index (χ1) is 13.0. The van der Waals surface area contributed by atoms with Gasteiger partial charge in [-0.1, -0.05) is 13.8 Å². The zero-order valence-corrected chi connectivity index (χ0v) is 17.6. The highest BCUT2D eigenvalue weighted by atomic mass is 32.2. The molecular formula is C21H25NO3S2. The van der Waals surface area contributed by atoms with Crippen molar-refractivity contribution in [3.05, 3.63) is 45.8 Å². The molecule has 0 bridgehead atoms. The van der Waals surface area contributed by atoms with Crippen LogP contribution in [0.3, 0.4) is 0 Å². The van der Waals surface area contributed by atoms with Gasteiger partial charge in [0.15, 0.2) is 0 Å². The molecule has 2 aromatic rings. The van der Waals surface area contributed by atoms with Crippen molar-refractivity contribution in [2.45, 2.75) is 44.9 Å². The van der Waals surface area contributed by atoms with Crippen LogP contribution < -0.4 is 5.32 Å². The maximum atomic E-state index is 12.7. The fourth-order valence-corrected chi connectivity index (χ4v) is 5.36. The van der Waals surface area contributed by atoms with Crippen molar-refractivity contribution in [3.8, 4) is 0 Å². The van der Waals surface area contributed by atoms with Crippen LogP contribution in [0.2, 0.25) is 0 Å². The Labute approximate surface area is 168 Å². The fraction of sp³-hybridized carbons (Fsp3) is 0.429. The Bertz CT molecular complexity index is 827. The second-order valence-corrected chi connectivity index (χ2v) is 9.13. The number of thiophene rings is 1. The topological polar surface area (TPSA) is 55.4 Å². The molecule has 0 saturated heterocycles. The standard InChI is InChI=1S/C21H25NO3S2/c1-4-25-21(24)18-16-11-6-13(3)12-17(16)27-20(18)22-19(23)14-7-9-15(10-8-14)26-5-2/h7-10,13H,4-6,11-12H2,1-3H3,(H,22,23)/t13-/m0/s1. The van der Waals surface area contributed by atoms with Crippen molar-refractivity contribution in [1.82, 2.24) is 0 Å². The number of amides is 1. The van der Waals surface area contributed by atoms with E-state index in [0.717, 1.165) is 35.5 Å². The number of rotatable bonds is 6. The molecule has 6 heteroatoms. The SMILES string of the molecule is CCOC(=O)c1c(NC(=O)c2ccc(SCC)cc2)sc2c1CC[C@H](C)C2. The molecule has 0 unspecified atom stereocenters. The summed E-state index contributed by atoms with van der Waals surface area (Å²) in [7, 11) is 0. The van der Waals surface area contributed by atoms with Crippen molar-refractivity contribution >= 4 is 40.0 Å². The smallest absolute Gasteiger partial charge is 0.341 e. The first-order valence-electron chi connectivity index (χ1n) is 9.39. The number of nitrogens with one attached hydrogen (secondary N) is 1. The van der Waals surface area contributed by atoms with Gasteiger partial charge in [-0.05, 0) is 67.7 Å². The molecule has 1 amide bonds. The number of esters is 1. The van der Waals surface area contributed by atoms with Crippen molar-refractivity contribution < 1.29 is 14.3 Å². The van der Waals surface area contributed by atoms with Gasteiger partial charge in [-0.15, -0.1) is 23.1 Å². The average molecular weight is 404 g/mol. The maximum absolute atomic E-state index is 12.7. The minimum absolute atomic E-state index is 0.194. The summed E-state index contributed by atoms with van der Waals surface area (Å²) < 4.78 is 5.26. The summed E-state index contributed by atoms with van der Waals surface area (Å²) in [6, 6.07) is 7.56. The Balaban J connectivity index is 1.86. The summed E-state index contributed by atoms with van der Waals surface area (Å²) in [5.74, 6) is 1.06. The Morgan fingerprint density at radius 3 is 2.67 bits per heavy atom. The quantitative estimate of drug-likeness (QED) is 0.517. The molecule has 0 spiro atoms. The molecule has 1 aliphatic rings. The average Bonchev–Trinajstić information content (AvgIpc) is 2.99. The number of carbonyl (C=O) groups excluding carboxylic acids is 2. The minimum Gasteiger partial charge on any atom is -0.462 e. The van der Waals surface area contributed by atoms with Gasteiger partial charge in [0.05, 0.1) is 12.2 Å². The lowest BCUT2D eigenvalue weighted by molar-refractivity contribution is 0.0526. The summed E-state index contributed by atoms with van der Waals surface area (Å²) in [6.45, 7) is 6.44. The van der Waals surface area contributed by atoms with Crippen molar-refractivity contribution in [1.29, 1.82) is 0 Å². The monoisotopic (exact) mass is 403 g/mol. The Morgan fingerprint density at radius 1 is 1.26 bits per heavy atom. The fourth-order valence-electron chi connectivity index (χ4n) is 3.30. The molecule has 4 nitrogen and oxygen atoms in total. The molecule has 0 radical (unpaired) electrons. The second kappa shape index (κ2) is 8.93. The largest absolute Gasteiger partial charge is 0.462 e. The maximum Gasteiger partial charge on any atom is 0.341 e. The van der Waals surface area contributed by atoms with Crippen molar-refractivity contribution in [2.24, 2.45) is 5.92 Å². The summed E-state index contributed by atoms with van der Waals surface area (Å²) >= 11 is 3.26. The Hall–Kier alpha value is -1.79. The van der Waals surface area contributed by atoms with E-state index in [9.17, 15) is 9.59 Å². The van der Waals surface area contributed by atoms with Gasteiger partial charge in [0.1, 0.15) is 5.00 Å². The van der Waals surface area contributed by atoms with Gasteiger partial charge in [0, 0.05) is 15.3 Å². The van der Waals surface area contributed by atoms with E-state index < -0.39 is 0 Å². The van der Waals surface area contributed by atoms with Crippen LogP contribution in [0.5, 0.6) is 0 Å². The van der Waals surface area contributed by atoms with Gasteiger partial charge < -0.3 is 10.1 Å². The number of benzene rings is 1. The highest BCUT2D eigenvalue weighted by Gasteiger charge is 2.29. The van der Waals surface area contributed by atoms with E-state index in [1.54, 1.807) is 18.7 Å². The van der Waals surface area contributed by atoms with Crippen LogP contribution in [0, 0.1) is 5.92 Å². The van der Waals surface area contributed by atoms with E-state index in [1.807, 2.05) is 24.3 Å². The Morgan fingerprint density at radius 2 is 2.00 bits per heavy atom. The number of hydrogen-bond donors (Lipinski definition) is 1. The van der Waals surface area contributed by atoms with E-state index in [1.165, 1.54) is 16.2 Å². The molecule has 27 heavy (non-hydrogen) atoms. The van der Waals surface area contributed by atoms with Crippen LogP contribution >= 0.6 is 23.1 Å². The molecule has 0 fully saturated rings. The number of carbonyl (C=O) groups is 2. The predicted octanol–water partition coefficient (Wildman–Crippen LogP) is 5.41. The first-order valence-corrected chi connectivity index (χ1v) is 11.2. The molecule has 1 aliphatic carbocycles. The molecule has 144 valence electrons. The van der Waals surface area contributed by atoms with E-state index >= 15 is 0 Å². The zero-order chi connectivity index (χ0) is 19.4. The number of fused-ring (bicyclic) bond motifs is 1. The third-order valence-corrected chi connectivity index (χ3v) is 6.71. The highest BCUT2D eigenvalue weighted by molar-refractivity contribution is 7.99. The second-order valence-electron chi connectivity index (χ2n) is 6.69. The molecule has 1 N–H and O–H groups in total. The summed E-state index contributed by atoms with van der Waals surface area (Å²) in [5, 5.41) is 3.58. The predicted molar refractivity (Wildman–Crippen MR) is 112 cm³/mol. The number of anilines is 1. The van der Waals surface area contributed by atoms with Crippen LogP contribution in [0.1, 0.15) is 58.3 Å². The van der Waals surface area contributed by atoms with Gasteiger partial charge in [0.2, 0.25) is 0 Å². The van der Waals surface area contributed by atoms with Crippen LogP contribution in [0.15, 0.2) is 29.2 Å². The van der Waals surface area contributed by atoms with Crippen LogP contribution in [0.25, 0.3) is 0 Å². The third kappa shape index (κ3) is 4.55. The molecule has 0 saturated carbocycles. The zero-order valence-electron chi connectivity index (χ0n) is 16.0. The number of hydrogen-bond acceptors (Lipinski definition) is 5. The summed E-state index contributed by atoms with van der Waals surface area (Å²) in [5.41, 5.74) is 2.20. The van der Waals surface area contributed by atoms with Gasteiger partial charge in [0.25, 0.3) is 5.91 Å². The van der Waals surface area contributed by atoms with Crippen molar-refractivity contribution in [2.75, 3.05) is 17.7 Å². The number of thioether (sulfide) groups is 1. The normalized spacial score (nSPS) is 15.9. The third-order valence-electron chi connectivity index (χ3n) is 4.65. The number of ether oxygens (including phenoxy) is 1. The van der Waals surface area contributed by atoms with Gasteiger partial charge in [-0.25, -0.2) is 4.79 Å². The van der Waals surface area contributed by atoms with E-state index in [-0.39, 0.29) is 11.9 Å². The lowest BCUT2D eigenvalue weighted by atomic mass is 9.88. The van der Waals surface area contributed by atoms with Gasteiger partial charge in [-0.3, -0.25) is 4.79 Å². The van der Waals surface area contributed by atoms with E-state index in [4.69, 9.17) is 4.74 Å². The lowest BCUT2D eigenvalue weighted by Gasteiger charge is -2.18. The molecule has 1 atom stereocenters. The van der Waals surface area contributed by atoms with Crippen LogP contribution in [-0.2, 0) is 17.6 Å². The van der Waals surface area contributed by atoms with Crippen LogP contribution in [-0.4, -0.2) is 24.2 Å². The molecule has 0 aliphatic heterocycles. The molecule has 1 heterocycles. The van der Waals surface area contributed by atoms with Gasteiger partial charge in [-0.2, -0.15) is 0 Å². The van der Waals surface area contributed by atoms with E-state index in [0.29, 0.717) is 28.7 Å². The summed E-state index contributed by atoms with van der Waals surface area (Å²) in [6.07, 6.45) is 2.87. The minimum atomic E-state index is -0.338. The highest BCUT2D eigenvalue weighted by Crippen LogP contribution is 2.40.